The fourth-order valence-electron chi connectivity index (χ4n) is 3.27. The Morgan fingerprint density at radius 2 is 2.00 bits per heavy atom. The second-order valence-corrected chi connectivity index (χ2v) is 9.78. The van der Waals surface area contributed by atoms with Gasteiger partial charge in [-0.1, -0.05) is 43.4 Å². The molecular weight excluding hydrogens is 481 g/mol. The van der Waals surface area contributed by atoms with Crippen LogP contribution in [0.15, 0.2) is 11.0 Å². The first-order valence-electron chi connectivity index (χ1n) is 9.51. The van der Waals surface area contributed by atoms with E-state index in [0.29, 0.717) is 18.5 Å². The molecule has 0 spiro atoms. The first kappa shape index (κ1) is 23.0. The molecule has 0 aromatic carbocycles. The van der Waals surface area contributed by atoms with E-state index in [2.05, 4.69) is 46.7 Å². The van der Waals surface area contributed by atoms with Gasteiger partial charge in [-0.25, -0.2) is 0 Å². The molecule has 1 saturated heterocycles. The summed E-state index contributed by atoms with van der Waals surface area (Å²) in [5.41, 5.74) is 0.254. The highest BCUT2D eigenvalue weighted by Gasteiger charge is 2.46. The lowest BCUT2D eigenvalue weighted by atomic mass is 9.93. The molecule has 1 aliphatic heterocycles. The summed E-state index contributed by atoms with van der Waals surface area (Å²) in [5.74, 6) is 0. The van der Waals surface area contributed by atoms with Crippen LogP contribution in [0.3, 0.4) is 0 Å². The molecule has 1 unspecified atom stereocenters. The molecule has 4 atom stereocenters. The second-order valence-electron chi connectivity index (χ2n) is 7.11. The van der Waals surface area contributed by atoms with Crippen LogP contribution in [-0.4, -0.2) is 48.0 Å². The number of aliphatic hydroxyl groups excluding tert-OH is 2. The topological polar surface area (TPSA) is 99.5 Å². The van der Waals surface area contributed by atoms with Crippen molar-refractivity contribution < 1.29 is 14.9 Å². The third-order valence-electron chi connectivity index (χ3n) is 5.23. The maximum absolute atomic E-state index is 12.1. The van der Waals surface area contributed by atoms with Crippen LogP contribution in [0.2, 0.25) is 0 Å². The summed E-state index contributed by atoms with van der Waals surface area (Å²) < 4.78 is 7.73. The Morgan fingerprint density at radius 3 is 2.59 bits per heavy atom. The van der Waals surface area contributed by atoms with E-state index in [4.69, 9.17) is 17.0 Å². The van der Waals surface area contributed by atoms with Gasteiger partial charge in [0.25, 0.3) is 5.56 Å². The number of aliphatic hydroxyl groups is 2. The molecule has 4 N–H and O–H groups in total. The molecule has 0 saturated carbocycles. The van der Waals surface area contributed by atoms with E-state index in [1.807, 2.05) is 6.92 Å². The SMILES string of the molecule is CCCNCc1cn(C2O[C@H](CC(I)(CC)CC)[C@@H](O)[C@H]2O)c(=S)[nH]c1=O. The smallest absolute Gasteiger partial charge is 0.256 e. The van der Waals surface area contributed by atoms with Gasteiger partial charge in [-0.05, 0) is 44.4 Å². The Balaban J connectivity index is 2.25. The number of ether oxygens (including phenoxy) is 1. The van der Waals surface area contributed by atoms with Gasteiger partial charge >= 0.3 is 0 Å². The molecule has 1 aromatic rings. The molecule has 0 aliphatic carbocycles. The molecular formula is C18H30IN3O4S. The van der Waals surface area contributed by atoms with E-state index >= 15 is 0 Å². The van der Waals surface area contributed by atoms with Crippen LogP contribution in [0, 0.1) is 4.77 Å². The minimum absolute atomic E-state index is 0.000286. The van der Waals surface area contributed by atoms with E-state index in [-0.39, 0.29) is 13.8 Å². The lowest BCUT2D eigenvalue weighted by Gasteiger charge is -2.28. The molecule has 0 radical (unpaired) electrons. The van der Waals surface area contributed by atoms with Crippen molar-refractivity contribution in [1.82, 2.24) is 14.9 Å². The van der Waals surface area contributed by atoms with Gasteiger partial charge in [0.1, 0.15) is 12.2 Å². The minimum atomic E-state index is -1.11. The van der Waals surface area contributed by atoms with E-state index < -0.39 is 24.5 Å². The predicted octanol–water partition coefficient (Wildman–Crippen LogP) is 2.41. The Morgan fingerprint density at radius 1 is 1.33 bits per heavy atom. The number of rotatable bonds is 9. The quantitative estimate of drug-likeness (QED) is 0.176. The van der Waals surface area contributed by atoms with Gasteiger partial charge in [0, 0.05) is 21.7 Å². The number of hydrogen-bond acceptors (Lipinski definition) is 6. The average Bonchev–Trinajstić information content (AvgIpc) is 2.91. The maximum Gasteiger partial charge on any atom is 0.256 e. The van der Waals surface area contributed by atoms with Crippen molar-refractivity contribution in [2.24, 2.45) is 0 Å². The number of alkyl halides is 1. The first-order chi connectivity index (χ1) is 12.8. The molecule has 2 heterocycles. The summed E-state index contributed by atoms with van der Waals surface area (Å²) in [6, 6.07) is 0. The van der Waals surface area contributed by atoms with Crippen molar-refractivity contribution in [1.29, 1.82) is 0 Å². The van der Waals surface area contributed by atoms with E-state index in [9.17, 15) is 15.0 Å². The zero-order valence-corrected chi connectivity index (χ0v) is 19.0. The van der Waals surface area contributed by atoms with Crippen molar-refractivity contribution in [3.63, 3.8) is 0 Å². The molecule has 1 aromatic heterocycles. The second kappa shape index (κ2) is 9.93. The molecule has 9 heteroatoms. The number of aromatic nitrogens is 2. The maximum atomic E-state index is 12.1. The van der Waals surface area contributed by atoms with Crippen LogP contribution in [0.4, 0.5) is 0 Å². The van der Waals surface area contributed by atoms with Crippen molar-refractivity contribution in [3.8, 4) is 0 Å². The molecule has 0 amide bonds. The molecule has 7 nitrogen and oxygen atoms in total. The Labute approximate surface area is 178 Å². The standard InChI is InChI=1S/C18H30IN3O4S/c1-4-7-20-9-11-10-22(17(27)21-15(11)25)16-14(24)13(23)12(26-16)8-18(19,5-2)6-3/h10,12-14,16,20,23-24H,4-9H2,1-3H3,(H,21,25,27)/t12-,13-,14-,16?/m1/s1. The van der Waals surface area contributed by atoms with Crippen LogP contribution in [-0.2, 0) is 11.3 Å². The van der Waals surface area contributed by atoms with Gasteiger partial charge in [-0.2, -0.15) is 0 Å². The van der Waals surface area contributed by atoms with Crippen LogP contribution in [0.1, 0.15) is 58.2 Å². The van der Waals surface area contributed by atoms with Crippen molar-refractivity contribution >= 4 is 34.8 Å². The van der Waals surface area contributed by atoms with Crippen LogP contribution in [0.25, 0.3) is 0 Å². The fourth-order valence-corrected chi connectivity index (χ4v) is 3.95. The molecule has 1 fully saturated rings. The summed E-state index contributed by atoms with van der Waals surface area (Å²) in [6.07, 6.45) is 1.68. The summed E-state index contributed by atoms with van der Waals surface area (Å²) in [4.78, 5) is 14.8. The van der Waals surface area contributed by atoms with Gasteiger partial charge in [0.15, 0.2) is 11.0 Å². The summed E-state index contributed by atoms with van der Waals surface area (Å²) in [7, 11) is 0. The number of nitrogens with one attached hydrogen (secondary N) is 2. The monoisotopic (exact) mass is 511 g/mol. The summed E-state index contributed by atoms with van der Waals surface area (Å²) in [5, 5.41) is 24.3. The van der Waals surface area contributed by atoms with Gasteiger partial charge < -0.3 is 20.3 Å². The zero-order valence-electron chi connectivity index (χ0n) is 16.1. The van der Waals surface area contributed by atoms with Gasteiger partial charge in [0.2, 0.25) is 0 Å². The first-order valence-corrected chi connectivity index (χ1v) is 11.0. The van der Waals surface area contributed by atoms with Crippen molar-refractivity contribution in [2.75, 3.05) is 6.54 Å². The normalized spacial score (nSPS) is 25.9. The van der Waals surface area contributed by atoms with Gasteiger partial charge in [-0.15, -0.1) is 0 Å². The number of H-pyrrole nitrogens is 1. The van der Waals surface area contributed by atoms with E-state index in [1.165, 1.54) is 0 Å². The molecule has 0 bridgehead atoms. The predicted molar refractivity (Wildman–Crippen MR) is 116 cm³/mol. The fraction of sp³-hybridized carbons (Fsp3) is 0.778. The summed E-state index contributed by atoms with van der Waals surface area (Å²) in [6.45, 7) is 7.46. The molecule has 2 rings (SSSR count). The number of aromatic amines is 1. The third-order valence-corrected chi connectivity index (χ3v) is 7.51. The third kappa shape index (κ3) is 5.39. The highest BCUT2D eigenvalue weighted by atomic mass is 127. The van der Waals surface area contributed by atoms with E-state index in [1.54, 1.807) is 10.8 Å². The lowest BCUT2D eigenvalue weighted by molar-refractivity contribution is -0.0431. The van der Waals surface area contributed by atoms with Gasteiger partial charge in [-0.3, -0.25) is 14.3 Å². The Bertz CT molecular complexity index is 734. The van der Waals surface area contributed by atoms with Crippen molar-refractivity contribution in [2.45, 2.75) is 81.0 Å². The lowest BCUT2D eigenvalue weighted by Crippen LogP contribution is -2.36. The van der Waals surface area contributed by atoms with Crippen LogP contribution >= 0.6 is 34.8 Å². The highest BCUT2D eigenvalue weighted by molar-refractivity contribution is 14.1. The minimum Gasteiger partial charge on any atom is -0.388 e. The molecule has 1 aliphatic rings. The average molecular weight is 511 g/mol. The number of nitrogens with zero attached hydrogens (tertiary/aromatic N) is 1. The molecule has 154 valence electrons. The largest absolute Gasteiger partial charge is 0.388 e. The number of hydrogen-bond donors (Lipinski definition) is 4. The molecule has 27 heavy (non-hydrogen) atoms. The zero-order chi connectivity index (χ0) is 20.2. The number of halogens is 1. The van der Waals surface area contributed by atoms with Crippen molar-refractivity contribution in [3.05, 3.63) is 26.9 Å². The Hall–Kier alpha value is -0.330. The Kier molecular flexibility index (Phi) is 8.44. The van der Waals surface area contributed by atoms with Crippen LogP contribution in [0.5, 0.6) is 0 Å². The van der Waals surface area contributed by atoms with Crippen LogP contribution < -0.4 is 10.9 Å². The van der Waals surface area contributed by atoms with Gasteiger partial charge in [0.05, 0.1) is 6.10 Å². The highest BCUT2D eigenvalue weighted by Crippen LogP contribution is 2.39. The van der Waals surface area contributed by atoms with E-state index in [0.717, 1.165) is 25.8 Å². The summed E-state index contributed by atoms with van der Waals surface area (Å²) >= 11 is 7.68.